The first-order valence-corrected chi connectivity index (χ1v) is 8.07. The Hall–Kier alpha value is -0.420. The Balaban J connectivity index is 1.65. The molecule has 0 spiro atoms. The number of nitrogens with one attached hydrogen (secondary N) is 1. The Morgan fingerprint density at radius 3 is 2.84 bits per heavy atom. The average molecular weight is 302 g/mol. The normalized spacial score (nSPS) is 18.1. The van der Waals surface area contributed by atoms with Crippen LogP contribution < -0.4 is 10.1 Å². The van der Waals surface area contributed by atoms with Gasteiger partial charge in [0, 0.05) is 17.8 Å². The Morgan fingerprint density at radius 1 is 1.47 bits per heavy atom. The molecule has 0 bridgehead atoms. The smallest absolute Gasteiger partial charge is 0.138 e. The molecule has 1 fully saturated rings. The second-order valence-electron chi connectivity index (χ2n) is 4.91. The molecule has 0 amide bonds. The van der Waals surface area contributed by atoms with Gasteiger partial charge in [-0.05, 0) is 31.2 Å². The van der Waals surface area contributed by atoms with Crippen LogP contribution >= 0.6 is 23.4 Å². The minimum atomic E-state index is -0.520. The van der Waals surface area contributed by atoms with Crippen molar-refractivity contribution in [2.24, 2.45) is 0 Å². The van der Waals surface area contributed by atoms with Gasteiger partial charge in [-0.25, -0.2) is 0 Å². The van der Waals surface area contributed by atoms with Crippen molar-refractivity contribution in [3.63, 3.8) is 0 Å². The SMILES string of the molecule is CSC1(CNCC(O)COc2ccccc2Cl)CC1. The summed E-state index contributed by atoms with van der Waals surface area (Å²) in [5, 5.41) is 13.7. The molecule has 2 rings (SSSR count). The minimum absolute atomic E-state index is 0.253. The summed E-state index contributed by atoms with van der Waals surface area (Å²) in [6, 6.07) is 7.29. The van der Waals surface area contributed by atoms with Gasteiger partial charge in [0.1, 0.15) is 18.5 Å². The molecule has 0 aromatic heterocycles. The molecule has 1 saturated carbocycles. The second-order valence-corrected chi connectivity index (χ2v) is 6.59. The highest BCUT2D eigenvalue weighted by molar-refractivity contribution is 8.00. The Morgan fingerprint density at radius 2 is 2.21 bits per heavy atom. The molecule has 3 nitrogen and oxygen atoms in total. The molecule has 1 atom stereocenters. The van der Waals surface area contributed by atoms with E-state index in [1.165, 1.54) is 12.8 Å². The van der Waals surface area contributed by atoms with Gasteiger partial charge >= 0.3 is 0 Å². The second kappa shape index (κ2) is 6.84. The van der Waals surface area contributed by atoms with Gasteiger partial charge in [0.15, 0.2) is 0 Å². The summed E-state index contributed by atoms with van der Waals surface area (Å²) in [5.74, 6) is 0.617. The molecule has 1 unspecified atom stereocenters. The number of thioether (sulfide) groups is 1. The number of hydrogen-bond acceptors (Lipinski definition) is 4. The lowest BCUT2D eigenvalue weighted by molar-refractivity contribution is 0.106. The van der Waals surface area contributed by atoms with Crippen molar-refractivity contribution in [2.45, 2.75) is 23.7 Å². The molecule has 106 valence electrons. The molecule has 0 saturated heterocycles. The van der Waals surface area contributed by atoms with Crippen molar-refractivity contribution in [2.75, 3.05) is 26.0 Å². The molecule has 5 heteroatoms. The fourth-order valence-electron chi connectivity index (χ4n) is 1.87. The van der Waals surface area contributed by atoms with Crippen LogP contribution in [0.5, 0.6) is 5.75 Å². The largest absolute Gasteiger partial charge is 0.489 e. The average Bonchev–Trinajstić information content (AvgIpc) is 3.18. The van der Waals surface area contributed by atoms with Gasteiger partial charge in [-0.15, -0.1) is 0 Å². The van der Waals surface area contributed by atoms with Crippen molar-refractivity contribution in [3.05, 3.63) is 29.3 Å². The lowest BCUT2D eigenvalue weighted by Crippen LogP contribution is -2.35. The Kier molecular flexibility index (Phi) is 5.39. The zero-order chi connectivity index (χ0) is 13.7. The van der Waals surface area contributed by atoms with Crippen LogP contribution in [0.2, 0.25) is 5.02 Å². The van der Waals surface area contributed by atoms with Crippen LogP contribution in [0.1, 0.15) is 12.8 Å². The molecule has 19 heavy (non-hydrogen) atoms. The summed E-state index contributed by atoms with van der Waals surface area (Å²) in [4.78, 5) is 0. The summed E-state index contributed by atoms with van der Waals surface area (Å²) in [6.07, 6.45) is 4.17. The number of benzene rings is 1. The lowest BCUT2D eigenvalue weighted by Gasteiger charge is -2.17. The molecule has 1 aliphatic carbocycles. The van der Waals surface area contributed by atoms with Crippen molar-refractivity contribution in [1.29, 1.82) is 0 Å². The molecule has 2 N–H and O–H groups in total. The molecule has 0 heterocycles. The third-order valence-corrected chi connectivity index (χ3v) is 5.07. The topological polar surface area (TPSA) is 41.5 Å². The highest BCUT2D eigenvalue weighted by atomic mass is 35.5. The van der Waals surface area contributed by atoms with Crippen molar-refractivity contribution in [3.8, 4) is 5.75 Å². The Bertz CT molecular complexity index is 412. The van der Waals surface area contributed by atoms with Crippen LogP contribution in [0.15, 0.2) is 24.3 Å². The van der Waals surface area contributed by atoms with Crippen molar-refractivity contribution < 1.29 is 9.84 Å². The van der Waals surface area contributed by atoms with E-state index < -0.39 is 6.10 Å². The first-order valence-electron chi connectivity index (χ1n) is 6.46. The molecule has 1 aromatic carbocycles. The first-order chi connectivity index (χ1) is 9.15. The van der Waals surface area contributed by atoms with Crippen LogP contribution in [-0.4, -0.2) is 41.9 Å². The highest BCUT2D eigenvalue weighted by Gasteiger charge is 2.41. The van der Waals surface area contributed by atoms with Gasteiger partial charge in [0.2, 0.25) is 0 Å². The fourth-order valence-corrected chi connectivity index (χ4v) is 2.81. The number of rotatable bonds is 8. The van der Waals surface area contributed by atoms with Gasteiger partial charge in [-0.3, -0.25) is 0 Å². The molecular formula is C14H20ClNO2S. The monoisotopic (exact) mass is 301 g/mol. The first kappa shape index (κ1) is 15.0. The zero-order valence-electron chi connectivity index (χ0n) is 11.1. The number of para-hydroxylation sites is 1. The van der Waals surface area contributed by atoms with E-state index in [1.54, 1.807) is 12.1 Å². The number of aliphatic hydroxyl groups excluding tert-OH is 1. The third kappa shape index (κ3) is 4.56. The fraction of sp³-hybridized carbons (Fsp3) is 0.571. The standard InChI is InChI=1S/C14H20ClNO2S/c1-19-14(6-7-14)10-16-8-11(17)9-18-13-5-3-2-4-12(13)15/h2-5,11,16-17H,6-10H2,1H3. The maximum atomic E-state index is 9.85. The summed E-state index contributed by atoms with van der Waals surface area (Å²) in [6.45, 7) is 1.76. The molecule has 1 aromatic rings. The van der Waals surface area contributed by atoms with Gasteiger partial charge in [0.25, 0.3) is 0 Å². The quantitative estimate of drug-likeness (QED) is 0.774. The van der Waals surface area contributed by atoms with E-state index in [4.69, 9.17) is 16.3 Å². The lowest BCUT2D eigenvalue weighted by atomic mass is 10.3. The van der Waals surface area contributed by atoms with E-state index in [0.29, 0.717) is 22.1 Å². The summed E-state index contributed by atoms with van der Waals surface area (Å²) in [7, 11) is 0. The maximum Gasteiger partial charge on any atom is 0.138 e. The zero-order valence-corrected chi connectivity index (χ0v) is 12.6. The molecule has 1 aliphatic rings. The van der Waals surface area contributed by atoms with E-state index in [1.807, 2.05) is 23.9 Å². The van der Waals surface area contributed by atoms with Crippen LogP contribution in [0, 0.1) is 0 Å². The van der Waals surface area contributed by atoms with E-state index in [0.717, 1.165) is 6.54 Å². The predicted molar refractivity (Wildman–Crippen MR) is 81.3 cm³/mol. The number of hydrogen-bond donors (Lipinski definition) is 2. The molecule has 0 aliphatic heterocycles. The van der Waals surface area contributed by atoms with Crippen molar-refractivity contribution in [1.82, 2.24) is 5.32 Å². The van der Waals surface area contributed by atoms with E-state index >= 15 is 0 Å². The van der Waals surface area contributed by atoms with Gasteiger partial charge < -0.3 is 15.2 Å². The number of halogens is 1. The maximum absolute atomic E-state index is 9.85. The summed E-state index contributed by atoms with van der Waals surface area (Å²) < 4.78 is 5.92. The van der Waals surface area contributed by atoms with Crippen molar-refractivity contribution >= 4 is 23.4 Å². The molecular weight excluding hydrogens is 282 g/mol. The Labute approximate surface area is 123 Å². The summed E-state index contributed by atoms with van der Waals surface area (Å²) in [5.41, 5.74) is 0. The minimum Gasteiger partial charge on any atom is -0.489 e. The number of ether oxygens (including phenoxy) is 1. The van der Waals surface area contributed by atoms with Crippen LogP contribution in [0.25, 0.3) is 0 Å². The highest BCUT2D eigenvalue weighted by Crippen LogP contribution is 2.46. The van der Waals surface area contributed by atoms with Crippen LogP contribution in [0.3, 0.4) is 0 Å². The molecule has 0 radical (unpaired) electrons. The van der Waals surface area contributed by atoms with Gasteiger partial charge in [-0.2, -0.15) is 11.8 Å². The number of aliphatic hydroxyl groups is 1. The van der Waals surface area contributed by atoms with Crippen LogP contribution in [-0.2, 0) is 0 Å². The third-order valence-electron chi connectivity index (χ3n) is 3.34. The van der Waals surface area contributed by atoms with Gasteiger partial charge in [0.05, 0.1) is 5.02 Å². The van der Waals surface area contributed by atoms with Crippen LogP contribution in [0.4, 0.5) is 0 Å². The predicted octanol–water partition coefficient (Wildman–Crippen LogP) is 2.56. The van der Waals surface area contributed by atoms with Gasteiger partial charge in [-0.1, -0.05) is 23.7 Å². The van der Waals surface area contributed by atoms with E-state index in [9.17, 15) is 5.11 Å². The van der Waals surface area contributed by atoms with E-state index in [2.05, 4.69) is 11.6 Å². The summed E-state index contributed by atoms with van der Waals surface area (Å²) >= 11 is 7.88. The van der Waals surface area contributed by atoms with E-state index in [-0.39, 0.29) is 6.61 Å².